The summed E-state index contributed by atoms with van der Waals surface area (Å²) >= 11 is 0. The van der Waals surface area contributed by atoms with Gasteiger partial charge in [-0.2, -0.15) is 0 Å². The van der Waals surface area contributed by atoms with Crippen LogP contribution in [0.1, 0.15) is 56.6 Å². The van der Waals surface area contributed by atoms with E-state index in [9.17, 15) is 28.4 Å². The SMILES string of the molecule is CCCCOC(=O)N1CCN(C(=O)[C@H](CF)NC(=O)c2cc(OCC(=O)N3CCN(C(=O)OC(C)(C)C)CC3)c3ccc(C)cc3n2)CC1. The van der Waals surface area contributed by atoms with Crippen molar-refractivity contribution in [2.45, 2.75) is 59.1 Å². The molecule has 14 nitrogen and oxygen atoms in total. The second-order valence-corrected chi connectivity index (χ2v) is 13.1. The number of carbonyl (C=O) groups is 5. The quantitative estimate of drug-likeness (QED) is 0.372. The summed E-state index contributed by atoms with van der Waals surface area (Å²) < 4.78 is 30.8. The smallest absolute Gasteiger partial charge is 0.410 e. The van der Waals surface area contributed by atoms with E-state index in [0.29, 0.717) is 43.7 Å². The van der Waals surface area contributed by atoms with Gasteiger partial charge in [0.1, 0.15) is 29.8 Å². The lowest BCUT2D eigenvalue weighted by molar-refractivity contribution is -0.135. The van der Waals surface area contributed by atoms with E-state index in [1.165, 1.54) is 15.9 Å². The molecule has 5 amide bonds. The Kier molecular flexibility index (Phi) is 12.6. The predicted octanol–water partition coefficient (Wildman–Crippen LogP) is 3.15. The molecule has 2 fully saturated rings. The van der Waals surface area contributed by atoms with Gasteiger partial charge in [0.05, 0.1) is 12.1 Å². The second kappa shape index (κ2) is 16.6. The van der Waals surface area contributed by atoms with Crippen LogP contribution in [-0.2, 0) is 19.1 Å². The number of benzene rings is 1. The number of hydrogen-bond acceptors (Lipinski definition) is 9. The van der Waals surface area contributed by atoms with E-state index in [4.69, 9.17) is 14.2 Å². The fraction of sp³-hybridized carbons (Fsp3) is 0.588. The van der Waals surface area contributed by atoms with Crippen molar-refractivity contribution < 1.29 is 42.6 Å². The first-order valence-electron chi connectivity index (χ1n) is 16.7. The Morgan fingerprint density at radius 2 is 1.51 bits per heavy atom. The molecule has 268 valence electrons. The molecule has 0 aliphatic carbocycles. The average Bonchev–Trinajstić information content (AvgIpc) is 3.08. The monoisotopic (exact) mass is 686 g/mol. The molecule has 15 heteroatoms. The van der Waals surface area contributed by atoms with Crippen molar-refractivity contribution >= 4 is 40.8 Å². The predicted molar refractivity (Wildman–Crippen MR) is 178 cm³/mol. The van der Waals surface area contributed by atoms with Crippen LogP contribution in [0, 0.1) is 6.92 Å². The van der Waals surface area contributed by atoms with Crippen LogP contribution in [0.5, 0.6) is 5.75 Å². The van der Waals surface area contributed by atoms with Crippen LogP contribution in [0.4, 0.5) is 14.0 Å². The first kappa shape index (κ1) is 37.1. The highest BCUT2D eigenvalue weighted by Gasteiger charge is 2.32. The zero-order valence-electron chi connectivity index (χ0n) is 29.0. The van der Waals surface area contributed by atoms with Crippen molar-refractivity contribution in [2.24, 2.45) is 0 Å². The summed E-state index contributed by atoms with van der Waals surface area (Å²) in [6.07, 6.45) is 0.773. The number of hydrogen-bond donors (Lipinski definition) is 1. The highest BCUT2D eigenvalue weighted by Crippen LogP contribution is 2.27. The van der Waals surface area contributed by atoms with Gasteiger partial charge in [0.2, 0.25) is 5.91 Å². The van der Waals surface area contributed by atoms with Gasteiger partial charge in [-0.15, -0.1) is 0 Å². The number of nitrogens with one attached hydrogen (secondary N) is 1. The normalized spacial score (nSPS) is 15.9. The highest BCUT2D eigenvalue weighted by atomic mass is 19.1. The minimum Gasteiger partial charge on any atom is -0.483 e. The van der Waals surface area contributed by atoms with Crippen molar-refractivity contribution in [1.82, 2.24) is 29.9 Å². The molecular weight excluding hydrogens is 639 g/mol. The molecule has 2 aromatic rings. The van der Waals surface area contributed by atoms with Gasteiger partial charge in [0, 0.05) is 63.8 Å². The summed E-state index contributed by atoms with van der Waals surface area (Å²) in [5.41, 5.74) is 0.556. The number of aromatic nitrogens is 1. The molecule has 2 aliphatic heterocycles. The summed E-state index contributed by atoms with van der Waals surface area (Å²) in [7, 11) is 0. The number of rotatable bonds is 10. The number of aryl methyl sites for hydroxylation is 1. The van der Waals surface area contributed by atoms with Crippen LogP contribution in [0.15, 0.2) is 24.3 Å². The van der Waals surface area contributed by atoms with Gasteiger partial charge in [-0.3, -0.25) is 14.4 Å². The first-order valence-corrected chi connectivity index (χ1v) is 16.7. The standard InChI is InChI=1S/C34H47FN6O8/c1-6-7-18-47-32(45)40-16-12-39(13-17-40)31(44)27(21-35)37-30(43)26-20-28(24-9-8-23(2)19-25(24)36-26)48-22-29(42)38-10-14-41(15-11-38)33(46)49-34(3,4)5/h8-9,19-20,27H,6-7,10-18,21-22H2,1-5H3,(H,37,43)/t27-/m0/s1. The Morgan fingerprint density at radius 3 is 2.12 bits per heavy atom. The molecule has 1 N–H and O–H groups in total. The van der Waals surface area contributed by atoms with E-state index in [1.54, 1.807) is 42.7 Å². The van der Waals surface area contributed by atoms with Crippen LogP contribution in [0.3, 0.4) is 0 Å². The Morgan fingerprint density at radius 1 is 0.898 bits per heavy atom. The van der Waals surface area contributed by atoms with Crippen molar-refractivity contribution in [3.63, 3.8) is 0 Å². The van der Waals surface area contributed by atoms with Gasteiger partial charge < -0.3 is 39.1 Å². The number of carbonyl (C=O) groups excluding carboxylic acids is 5. The molecule has 2 aliphatic rings. The third kappa shape index (κ3) is 10.2. The Bertz CT molecular complexity index is 1520. The lowest BCUT2D eigenvalue weighted by atomic mass is 10.1. The molecule has 1 atom stereocenters. The third-order valence-corrected chi connectivity index (χ3v) is 8.13. The summed E-state index contributed by atoms with van der Waals surface area (Å²) in [5, 5.41) is 3.02. The van der Waals surface area contributed by atoms with E-state index in [-0.39, 0.29) is 50.1 Å². The maximum absolute atomic E-state index is 14.2. The lowest BCUT2D eigenvalue weighted by Gasteiger charge is -2.35. The van der Waals surface area contributed by atoms with Gasteiger partial charge >= 0.3 is 12.2 Å². The Hall–Kier alpha value is -4.69. The summed E-state index contributed by atoms with van der Waals surface area (Å²) in [6.45, 7) is 10.1. The average molecular weight is 687 g/mol. The number of halogens is 1. The molecule has 2 saturated heterocycles. The van der Waals surface area contributed by atoms with E-state index in [2.05, 4.69) is 10.3 Å². The van der Waals surface area contributed by atoms with E-state index < -0.39 is 42.3 Å². The number of ether oxygens (including phenoxy) is 3. The van der Waals surface area contributed by atoms with Crippen molar-refractivity contribution in [3.05, 3.63) is 35.5 Å². The van der Waals surface area contributed by atoms with Gasteiger partial charge in [0.25, 0.3) is 11.8 Å². The topological polar surface area (TPSA) is 151 Å². The largest absolute Gasteiger partial charge is 0.483 e. The van der Waals surface area contributed by atoms with Crippen LogP contribution < -0.4 is 10.1 Å². The Labute approximate surface area is 285 Å². The molecule has 4 rings (SSSR count). The number of amides is 5. The maximum Gasteiger partial charge on any atom is 0.410 e. The molecule has 0 unspecified atom stereocenters. The van der Waals surface area contributed by atoms with Crippen LogP contribution in [-0.4, -0.2) is 138 Å². The van der Waals surface area contributed by atoms with Crippen molar-refractivity contribution in [3.8, 4) is 5.75 Å². The molecule has 0 radical (unpaired) electrons. The number of fused-ring (bicyclic) bond motifs is 1. The molecule has 0 saturated carbocycles. The number of nitrogens with zero attached hydrogens (tertiary/aromatic N) is 5. The highest BCUT2D eigenvalue weighted by molar-refractivity contribution is 5.99. The summed E-state index contributed by atoms with van der Waals surface area (Å²) in [4.78, 5) is 74.7. The number of unbranched alkanes of at least 4 members (excludes halogenated alkanes) is 1. The van der Waals surface area contributed by atoms with Gasteiger partial charge in [-0.25, -0.2) is 19.0 Å². The first-order chi connectivity index (χ1) is 23.3. The minimum atomic E-state index is -1.46. The minimum absolute atomic E-state index is 0.114. The number of piperazine rings is 2. The van der Waals surface area contributed by atoms with E-state index in [0.717, 1.165) is 18.4 Å². The van der Waals surface area contributed by atoms with Crippen molar-refractivity contribution in [1.29, 1.82) is 0 Å². The van der Waals surface area contributed by atoms with Crippen LogP contribution in [0.25, 0.3) is 10.9 Å². The van der Waals surface area contributed by atoms with E-state index in [1.807, 2.05) is 19.9 Å². The molecule has 1 aromatic heterocycles. The van der Waals surface area contributed by atoms with Crippen LogP contribution in [0.2, 0.25) is 0 Å². The van der Waals surface area contributed by atoms with Gasteiger partial charge in [-0.1, -0.05) is 19.4 Å². The third-order valence-electron chi connectivity index (χ3n) is 8.13. The fourth-order valence-corrected chi connectivity index (χ4v) is 5.36. The van der Waals surface area contributed by atoms with Crippen LogP contribution >= 0.6 is 0 Å². The molecular formula is C34H47FN6O8. The Balaban J connectivity index is 1.38. The summed E-state index contributed by atoms with van der Waals surface area (Å²) in [5.74, 6) is -1.47. The number of alkyl halides is 1. The molecule has 1 aromatic carbocycles. The zero-order valence-corrected chi connectivity index (χ0v) is 29.0. The molecule has 0 bridgehead atoms. The van der Waals surface area contributed by atoms with E-state index >= 15 is 0 Å². The zero-order chi connectivity index (χ0) is 35.7. The molecule has 49 heavy (non-hydrogen) atoms. The fourth-order valence-electron chi connectivity index (χ4n) is 5.36. The lowest BCUT2D eigenvalue weighted by Crippen LogP contribution is -2.56. The van der Waals surface area contributed by atoms with Gasteiger partial charge in [0.15, 0.2) is 6.61 Å². The van der Waals surface area contributed by atoms with Gasteiger partial charge in [-0.05, 0) is 51.8 Å². The number of pyridine rings is 1. The van der Waals surface area contributed by atoms with Crippen molar-refractivity contribution in [2.75, 3.05) is 72.2 Å². The molecule has 0 spiro atoms. The molecule has 3 heterocycles. The summed E-state index contributed by atoms with van der Waals surface area (Å²) in [6, 6.07) is 5.27. The second-order valence-electron chi connectivity index (χ2n) is 13.1. The maximum atomic E-state index is 14.2.